The summed E-state index contributed by atoms with van der Waals surface area (Å²) in [7, 11) is 4.21. The second-order valence-corrected chi connectivity index (χ2v) is 17.4. The van der Waals surface area contributed by atoms with Crippen LogP contribution in [0.1, 0.15) is 73.0 Å². The number of amides is 3. The topological polar surface area (TPSA) is 190 Å². The lowest BCUT2D eigenvalue weighted by Gasteiger charge is -2.45. The standard InChI is InChI=1S/C44H63ClN10O5/c1-53-21-17-33(18-22-53)48-38(56)29-59-36-13-9-31(10-14-36)6-3-25-55(27-5-8-35(28-55)50-44(58)40-42(46)52-43(47)41(45)51-40)26-4-7-32-11-15-37(16-12-32)60-30-39(57)49-34-19-23-54(2)24-20-34/h9-16,33-35H,3-8,17-30H2,1-2H3,(H6-,46,47,48,49,50,52,56,57,58)/p+1/t35-/m0/s1. The number of carbonyl (C=O) groups excluding carboxylic acids is 3. The highest BCUT2D eigenvalue weighted by atomic mass is 35.5. The third kappa shape index (κ3) is 13.7. The summed E-state index contributed by atoms with van der Waals surface area (Å²) in [6, 6.07) is 16.4. The molecule has 7 N–H and O–H groups in total. The Balaban J connectivity index is 1.01. The summed E-state index contributed by atoms with van der Waals surface area (Å²) in [5.74, 6) is 0.712. The molecule has 3 fully saturated rings. The van der Waals surface area contributed by atoms with E-state index in [4.69, 9.17) is 32.5 Å². The Bertz CT molecular complexity index is 1780. The number of likely N-dealkylation sites (tertiary alicyclic amines) is 3. The van der Waals surface area contributed by atoms with E-state index in [1.165, 1.54) is 11.1 Å². The molecule has 4 heterocycles. The van der Waals surface area contributed by atoms with Crippen LogP contribution in [0.4, 0.5) is 11.6 Å². The maximum Gasteiger partial charge on any atom is 0.274 e. The van der Waals surface area contributed by atoms with Gasteiger partial charge in [-0.2, -0.15) is 0 Å². The number of nitrogen functional groups attached to an aromatic ring is 2. The first-order valence-corrected chi connectivity index (χ1v) is 21.9. The van der Waals surface area contributed by atoms with Gasteiger partial charge in [0, 0.05) is 24.9 Å². The van der Waals surface area contributed by atoms with E-state index in [9.17, 15) is 14.4 Å². The van der Waals surface area contributed by atoms with Gasteiger partial charge < -0.3 is 51.2 Å². The number of carbonyl (C=O) groups is 3. The van der Waals surface area contributed by atoms with Crippen molar-refractivity contribution in [2.24, 2.45) is 0 Å². The quantitative estimate of drug-likeness (QED) is 0.118. The molecule has 0 unspecified atom stereocenters. The number of rotatable bonds is 18. The van der Waals surface area contributed by atoms with Crippen molar-refractivity contribution in [3.8, 4) is 11.5 Å². The van der Waals surface area contributed by atoms with Gasteiger partial charge in [0.25, 0.3) is 17.7 Å². The monoisotopic (exact) mass is 847 g/mol. The summed E-state index contributed by atoms with van der Waals surface area (Å²) in [4.78, 5) is 51.0. The van der Waals surface area contributed by atoms with E-state index in [0.717, 1.165) is 121 Å². The number of piperidine rings is 3. The molecular weight excluding hydrogens is 784 g/mol. The average Bonchev–Trinajstić information content (AvgIpc) is 3.23. The van der Waals surface area contributed by atoms with Crippen molar-refractivity contribution in [2.75, 3.05) is 91.1 Å². The zero-order valence-corrected chi connectivity index (χ0v) is 36.1. The highest BCUT2D eigenvalue weighted by molar-refractivity contribution is 6.31. The Kier molecular flexibility index (Phi) is 16.2. The molecule has 0 saturated carbocycles. The number of anilines is 2. The second kappa shape index (κ2) is 21.7. The van der Waals surface area contributed by atoms with Gasteiger partial charge in [0.1, 0.15) is 11.5 Å². The van der Waals surface area contributed by atoms with E-state index < -0.39 is 5.91 Å². The summed E-state index contributed by atoms with van der Waals surface area (Å²) >= 11 is 6.09. The molecule has 0 aliphatic carbocycles. The summed E-state index contributed by atoms with van der Waals surface area (Å²) in [5.41, 5.74) is 14.2. The predicted molar refractivity (Wildman–Crippen MR) is 234 cm³/mol. The number of aryl methyl sites for hydroxylation is 2. The number of ether oxygens (including phenoxy) is 2. The average molecular weight is 849 g/mol. The van der Waals surface area contributed by atoms with E-state index in [-0.39, 0.29) is 65.6 Å². The third-order valence-electron chi connectivity index (χ3n) is 12.2. The van der Waals surface area contributed by atoms with E-state index in [1.54, 1.807) is 0 Å². The number of hydrogen-bond donors (Lipinski definition) is 5. The highest BCUT2D eigenvalue weighted by Crippen LogP contribution is 2.25. The fourth-order valence-electron chi connectivity index (χ4n) is 8.71. The molecular formula is C44H64ClN10O5+. The van der Waals surface area contributed by atoms with Crippen LogP contribution in [0.5, 0.6) is 11.5 Å². The van der Waals surface area contributed by atoms with Gasteiger partial charge in [-0.25, -0.2) is 9.97 Å². The molecule has 0 radical (unpaired) electrons. The Morgan fingerprint density at radius 1 is 0.700 bits per heavy atom. The lowest BCUT2D eigenvalue weighted by molar-refractivity contribution is -0.933. The van der Waals surface area contributed by atoms with Crippen LogP contribution in [0.3, 0.4) is 0 Å². The molecule has 0 spiro atoms. The number of aromatic nitrogens is 2. The van der Waals surface area contributed by atoms with Crippen molar-refractivity contribution in [3.63, 3.8) is 0 Å². The van der Waals surface area contributed by atoms with Crippen LogP contribution in [0.25, 0.3) is 0 Å². The molecule has 15 nitrogen and oxygen atoms in total. The molecule has 3 aromatic rings. The van der Waals surface area contributed by atoms with Crippen LogP contribution >= 0.6 is 11.6 Å². The van der Waals surface area contributed by atoms with Crippen molar-refractivity contribution in [2.45, 2.75) is 82.3 Å². The van der Waals surface area contributed by atoms with Gasteiger partial charge in [0.05, 0.1) is 32.2 Å². The predicted octanol–water partition coefficient (Wildman–Crippen LogP) is 3.45. The van der Waals surface area contributed by atoms with Crippen molar-refractivity contribution in [1.29, 1.82) is 0 Å². The van der Waals surface area contributed by atoms with Gasteiger partial charge in [0.2, 0.25) is 0 Å². The van der Waals surface area contributed by atoms with Crippen LogP contribution in [0, 0.1) is 0 Å². The summed E-state index contributed by atoms with van der Waals surface area (Å²) in [5, 5.41) is 9.32. The molecule has 0 bridgehead atoms. The molecule has 1 aromatic heterocycles. The normalized spacial score (nSPS) is 19.0. The highest BCUT2D eigenvalue weighted by Gasteiger charge is 2.36. The number of halogens is 1. The van der Waals surface area contributed by atoms with Gasteiger partial charge in [0.15, 0.2) is 35.7 Å². The van der Waals surface area contributed by atoms with Crippen molar-refractivity contribution < 1.29 is 28.3 Å². The van der Waals surface area contributed by atoms with Crippen LogP contribution in [-0.2, 0) is 22.4 Å². The van der Waals surface area contributed by atoms with E-state index in [1.807, 2.05) is 24.3 Å². The summed E-state index contributed by atoms with van der Waals surface area (Å²) < 4.78 is 12.5. The first-order chi connectivity index (χ1) is 28.9. The molecule has 6 rings (SSSR count). The van der Waals surface area contributed by atoms with Crippen LogP contribution in [0.15, 0.2) is 48.5 Å². The minimum Gasteiger partial charge on any atom is -0.484 e. The number of quaternary nitrogens is 1. The number of hydrogen-bond acceptors (Lipinski definition) is 11. The van der Waals surface area contributed by atoms with Crippen molar-refractivity contribution in [1.82, 2.24) is 35.7 Å². The van der Waals surface area contributed by atoms with Crippen molar-refractivity contribution >= 4 is 41.0 Å². The first-order valence-electron chi connectivity index (χ1n) is 21.6. The van der Waals surface area contributed by atoms with Gasteiger partial charge in [-0.1, -0.05) is 35.9 Å². The Morgan fingerprint density at radius 3 is 1.67 bits per heavy atom. The van der Waals surface area contributed by atoms with Gasteiger partial charge >= 0.3 is 0 Å². The Morgan fingerprint density at radius 2 is 1.18 bits per heavy atom. The van der Waals surface area contributed by atoms with E-state index in [2.05, 4.69) is 74.1 Å². The number of nitrogens with one attached hydrogen (secondary N) is 3. The van der Waals surface area contributed by atoms with E-state index >= 15 is 0 Å². The first kappa shape index (κ1) is 44.8. The molecule has 60 heavy (non-hydrogen) atoms. The lowest BCUT2D eigenvalue weighted by atomic mass is 9.99. The minimum absolute atomic E-state index is 0.00334. The molecule has 16 heteroatoms. The molecule has 3 saturated heterocycles. The van der Waals surface area contributed by atoms with Crippen LogP contribution in [0.2, 0.25) is 5.15 Å². The minimum atomic E-state index is -0.407. The maximum absolute atomic E-state index is 13.4. The zero-order chi connectivity index (χ0) is 42.5. The molecule has 2 aromatic carbocycles. The molecule has 1 atom stereocenters. The van der Waals surface area contributed by atoms with Gasteiger partial charge in [-0.05, 0) is 127 Å². The number of nitrogens with zero attached hydrogens (tertiary/aromatic N) is 5. The lowest BCUT2D eigenvalue weighted by Crippen LogP contribution is -2.60. The fraction of sp³-hybridized carbons (Fsp3) is 0.568. The largest absolute Gasteiger partial charge is 0.484 e. The maximum atomic E-state index is 13.4. The number of benzene rings is 2. The van der Waals surface area contributed by atoms with Gasteiger partial charge in [-0.3, -0.25) is 14.4 Å². The van der Waals surface area contributed by atoms with Crippen molar-refractivity contribution in [3.05, 3.63) is 70.5 Å². The zero-order valence-electron chi connectivity index (χ0n) is 35.3. The molecule has 3 amide bonds. The fourth-order valence-corrected chi connectivity index (χ4v) is 8.83. The smallest absolute Gasteiger partial charge is 0.274 e. The van der Waals surface area contributed by atoms with Gasteiger partial charge in [-0.15, -0.1) is 0 Å². The molecule has 3 aliphatic heterocycles. The summed E-state index contributed by atoms with van der Waals surface area (Å²) in [6.45, 7) is 7.65. The summed E-state index contributed by atoms with van der Waals surface area (Å²) in [6.07, 6.45) is 9.35. The third-order valence-corrected chi connectivity index (χ3v) is 12.5. The second-order valence-electron chi connectivity index (χ2n) is 17.0. The van der Waals surface area contributed by atoms with E-state index in [0.29, 0.717) is 11.5 Å². The van der Waals surface area contributed by atoms with Crippen LogP contribution < -0.4 is 36.9 Å². The molecule has 3 aliphatic rings. The molecule has 326 valence electrons. The van der Waals surface area contributed by atoms with Crippen LogP contribution in [-0.4, -0.2) is 140 Å². The number of nitrogens with two attached hydrogens (primary N) is 2. The Labute approximate surface area is 359 Å². The SMILES string of the molecule is CN1CCC(NC(=O)COc2ccc(CCC[N+]3(CCCc4ccc(OCC(=O)NC5CCN(C)CC5)cc4)CCC[C@H](NC(=O)c4nc(Cl)c(N)nc4N)C3)cc2)CC1. The Hall–Kier alpha value is -4.70.